The minimum Gasteiger partial charge on any atom is -0.495 e. The van der Waals surface area contributed by atoms with Crippen LogP contribution in [-0.2, 0) is 0 Å². The fourth-order valence-electron chi connectivity index (χ4n) is 3.36. The lowest BCUT2D eigenvalue weighted by atomic mass is 9.75. The number of ether oxygens (including phenoxy) is 1. The molecular weight excluding hydrogens is 320 g/mol. The zero-order valence-corrected chi connectivity index (χ0v) is 14.1. The molecule has 7 nitrogen and oxygen atoms in total. The van der Waals surface area contributed by atoms with Gasteiger partial charge in [-0.15, -0.1) is 0 Å². The van der Waals surface area contributed by atoms with Gasteiger partial charge in [0.2, 0.25) is 0 Å². The number of aliphatic hydroxyl groups is 1. The number of carbonyl (C=O) groups is 1. The van der Waals surface area contributed by atoms with E-state index >= 15 is 0 Å². The predicted octanol–water partition coefficient (Wildman–Crippen LogP) is 1.93. The molecule has 2 aliphatic rings. The van der Waals surface area contributed by atoms with Crippen molar-refractivity contribution in [3.63, 3.8) is 0 Å². The van der Waals surface area contributed by atoms with E-state index in [1.165, 1.54) is 0 Å². The van der Waals surface area contributed by atoms with Gasteiger partial charge in [0.25, 0.3) is 5.91 Å². The third kappa shape index (κ3) is 3.37. The van der Waals surface area contributed by atoms with Gasteiger partial charge < -0.3 is 15.2 Å². The first-order valence-electron chi connectivity index (χ1n) is 8.67. The number of hydrogen-bond donors (Lipinski definition) is 3. The van der Waals surface area contributed by atoms with Gasteiger partial charge in [0.1, 0.15) is 11.4 Å². The van der Waals surface area contributed by atoms with Gasteiger partial charge in [0.15, 0.2) is 0 Å². The molecule has 0 unspecified atom stereocenters. The van der Waals surface area contributed by atoms with E-state index in [1.54, 1.807) is 19.5 Å². The number of nitrogens with zero attached hydrogens (tertiary/aromatic N) is 2. The Morgan fingerprint density at radius 2 is 2.16 bits per heavy atom. The molecular formula is C18H22N4O3. The Kier molecular flexibility index (Phi) is 4.17. The van der Waals surface area contributed by atoms with E-state index in [0.29, 0.717) is 30.2 Å². The molecule has 1 amide bonds. The zero-order chi connectivity index (χ0) is 17.4. The Hall–Kier alpha value is -2.41. The number of aromatic amines is 1. The van der Waals surface area contributed by atoms with E-state index in [2.05, 4.69) is 20.5 Å². The molecule has 2 aromatic heterocycles. The number of hydrogen-bond acceptors (Lipinski definition) is 5. The first-order valence-corrected chi connectivity index (χ1v) is 8.67. The maximum atomic E-state index is 12.7. The number of aliphatic hydroxyl groups excluding tert-OH is 1. The van der Waals surface area contributed by atoms with Crippen LogP contribution in [0.2, 0.25) is 0 Å². The van der Waals surface area contributed by atoms with Gasteiger partial charge in [-0.05, 0) is 49.3 Å². The maximum Gasteiger partial charge on any atom is 0.272 e. The minimum absolute atomic E-state index is 0.176. The first-order chi connectivity index (χ1) is 12.1. The highest BCUT2D eigenvalue weighted by atomic mass is 16.5. The van der Waals surface area contributed by atoms with Crippen molar-refractivity contribution < 1.29 is 14.6 Å². The molecule has 2 aromatic rings. The fraction of sp³-hybridized carbons (Fsp3) is 0.500. The zero-order valence-electron chi connectivity index (χ0n) is 14.1. The smallest absolute Gasteiger partial charge is 0.272 e. The van der Waals surface area contributed by atoms with E-state index < -0.39 is 0 Å². The number of carbonyl (C=O) groups excluding carboxylic acids is 1. The number of H-pyrrole nitrogens is 1. The van der Waals surface area contributed by atoms with Crippen molar-refractivity contribution in [2.75, 3.05) is 7.11 Å². The summed E-state index contributed by atoms with van der Waals surface area (Å²) in [4.78, 5) is 16.8. The number of rotatable bonds is 6. The van der Waals surface area contributed by atoms with Crippen LogP contribution in [0.3, 0.4) is 0 Å². The number of methoxy groups -OCH3 is 1. The standard InChI is InChI=1S/C18H22N4O3/c1-25-14-6-12(8-19-9-14)17(11-4-13(23)5-11)20-18(24)16-7-15(21-22-16)10-2-3-10/h6-11,13,17,23H,2-5H2,1H3,(H,20,24)(H,21,22)/t11?,13?,17-/m1/s1. The Morgan fingerprint density at radius 1 is 1.36 bits per heavy atom. The molecule has 2 fully saturated rings. The van der Waals surface area contributed by atoms with Gasteiger partial charge in [-0.1, -0.05) is 0 Å². The van der Waals surface area contributed by atoms with Gasteiger partial charge >= 0.3 is 0 Å². The minimum atomic E-state index is -0.296. The highest BCUT2D eigenvalue weighted by Crippen LogP contribution is 2.40. The van der Waals surface area contributed by atoms with Gasteiger partial charge in [-0.25, -0.2) is 0 Å². The quantitative estimate of drug-likeness (QED) is 0.745. The monoisotopic (exact) mass is 342 g/mol. The number of amides is 1. The van der Waals surface area contributed by atoms with Crippen LogP contribution in [-0.4, -0.2) is 39.4 Å². The average molecular weight is 342 g/mol. The van der Waals surface area contributed by atoms with Crippen LogP contribution >= 0.6 is 0 Å². The van der Waals surface area contributed by atoms with Crippen LogP contribution in [0.4, 0.5) is 0 Å². The highest BCUT2D eigenvalue weighted by molar-refractivity contribution is 5.92. The molecule has 0 spiro atoms. The van der Waals surface area contributed by atoms with E-state index in [1.807, 2.05) is 12.1 Å². The van der Waals surface area contributed by atoms with Crippen LogP contribution < -0.4 is 10.1 Å². The molecule has 0 saturated heterocycles. The number of pyridine rings is 1. The summed E-state index contributed by atoms with van der Waals surface area (Å²) in [5.41, 5.74) is 2.31. The summed E-state index contributed by atoms with van der Waals surface area (Å²) in [6, 6.07) is 3.49. The molecule has 2 aliphatic carbocycles. The van der Waals surface area contributed by atoms with Crippen molar-refractivity contribution in [3.05, 3.63) is 41.5 Å². The molecule has 3 N–H and O–H groups in total. The Balaban J connectivity index is 1.53. The SMILES string of the molecule is COc1cncc([C@H](NC(=O)c2cc(C3CC3)[nH]n2)C2CC(O)C2)c1. The highest BCUT2D eigenvalue weighted by Gasteiger charge is 2.36. The van der Waals surface area contributed by atoms with Crippen LogP contribution in [0.15, 0.2) is 24.5 Å². The fourth-order valence-corrected chi connectivity index (χ4v) is 3.36. The van der Waals surface area contributed by atoms with Crippen molar-refractivity contribution in [1.29, 1.82) is 0 Å². The molecule has 4 rings (SSSR count). The van der Waals surface area contributed by atoms with Crippen LogP contribution in [0.5, 0.6) is 5.75 Å². The predicted molar refractivity (Wildman–Crippen MR) is 90.3 cm³/mol. The van der Waals surface area contributed by atoms with E-state index in [9.17, 15) is 9.90 Å². The molecule has 25 heavy (non-hydrogen) atoms. The first kappa shape index (κ1) is 16.1. The van der Waals surface area contributed by atoms with Gasteiger partial charge in [0.05, 0.1) is 25.5 Å². The van der Waals surface area contributed by atoms with Gasteiger partial charge in [-0.3, -0.25) is 14.9 Å². The second kappa shape index (κ2) is 6.48. The van der Waals surface area contributed by atoms with E-state index in [4.69, 9.17) is 4.74 Å². The Bertz CT molecular complexity index is 765. The summed E-state index contributed by atoms with van der Waals surface area (Å²) in [7, 11) is 1.59. The Morgan fingerprint density at radius 3 is 2.84 bits per heavy atom. The average Bonchev–Trinajstić information content (AvgIpc) is 3.34. The molecule has 1 atom stereocenters. The van der Waals surface area contributed by atoms with Crippen molar-refractivity contribution in [1.82, 2.24) is 20.5 Å². The lowest BCUT2D eigenvalue weighted by molar-refractivity contribution is 0.0234. The lowest BCUT2D eigenvalue weighted by Gasteiger charge is -2.38. The molecule has 2 heterocycles. The molecule has 7 heteroatoms. The van der Waals surface area contributed by atoms with Gasteiger partial charge in [0, 0.05) is 17.8 Å². The molecule has 0 aromatic carbocycles. The van der Waals surface area contributed by atoms with Crippen molar-refractivity contribution in [2.24, 2.45) is 5.92 Å². The van der Waals surface area contributed by atoms with Crippen LogP contribution in [0.1, 0.15) is 59.4 Å². The van der Waals surface area contributed by atoms with E-state index in [-0.39, 0.29) is 24.0 Å². The summed E-state index contributed by atoms with van der Waals surface area (Å²) in [5, 5.41) is 19.8. The van der Waals surface area contributed by atoms with Crippen molar-refractivity contribution in [3.8, 4) is 5.75 Å². The lowest BCUT2D eigenvalue weighted by Crippen LogP contribution is -2.41. The third-order valence-electron chi connectivity index (χ3n) is 5.08. The molecule has 132 valence electrons. The topological polar surface area (TPSA) is 100 Å². The summed E-state index contributed by atoms with van der Waals surface area (Å²) >= 11 is 0. The van der Waals surface area contributed by atoms with Crippen LogP contribution in [0.25, 0.3) is 0 Å². The van der Waals surface area contributed by atoms with Crippen molar-refractivity contribution >= 4 is 5.91 Å². The third-order valence-corrected chi connectivity index (χ3v) is 5.08. The summed E-state index contributed by atoms with van der Waals surface area (Å²) < 4.78 is 5.24. The largest absolute Gasteiger partial charge is 0.495 e. The van der Waals surface area contributed by atoms with E-state index in [0.717, 1.165) is 24.1 Å². The number of nitrogens with one attached hydrogen (secondary N) is 2. The van der Waals surface area contributed by atoms with Gasteiger partial charge in [-0.2, -0.15) is 5.10 Å². The summed E-state index contributed by atoms with van der Waals surface area (Å²) in [5.74, 6) is 1.13. The molecule has 2 saturated carbocycles. The molecule has 0 radical (unpaired) electrons. The Labute approximate surface area is 145 Å². The maximum absolute atomic E-state index is 12.7. The molecule has 0 aliphatic heterocycles. The summed E-state index contributed by atoms with van der Waals surface area (Å²) in [6.45, 7) is 0. The number of aromatic nitrogens is 3. The van der Waals surface area contributed by atoms with Crippen molar-refractivity contribution in [2.45, 2.75) is 43.7 Å². The van der Waals surface area contributed by atoms with Crippen LogP contribution in [0, 0.1) is 5.92 Å². The second-order valence-corrected chi connectivity index (χ2v) is 6.98. The second-order valence-electron chi connectivity index (χ2n) is 6.98. The molecule has 0 bridgehead atoms. The normalized spacial score (nSPS) is 23.6. The summed E-state index contributed by atoms with van der Waals surface area (Å²) in [6.07, 6.45) is 6.70.